The molecule has 29 heavy (non-hydrogen) atoms. The number of carbonyl (C=O) groups excluding carboxylic acids is 2. The van der Waals surface area contributed by atoms with Gasteiger partial charge in [0.25, 0.3) is 0 Å². The van der Waals surface area contributed by atoms with Crippen LogP contribution in [0.5, 0.6) is 5.75 Å². The lowest BCUT2D eigenvalue weighted by atomic mass is 9.96. The smallest absolute Gasteiger partial charge is 0.409 e. The lowest BCUT2D eigenvalue weighted by Crippen LogP contribution is -2.41. The van der Waals surface area contributed by atoms with E-state index in [0.717, 1.165) is 5.56 Å². The number of nitrogens with one attached hydrogen (secondary N) is 1. The molecule has 1 N–H and O–H groups in total. The van der Waals surface area contributed by atoms with Gasteiger partial charge in [0.05, 0.1) is 6.61 Å². The molecular formula is C22H25FN2O4. The first-order valence-electron chi connectivity index (χ1n) is 9.75. The molecule has 1 aliphatic rings. The minimum atomic E-state index is -0.350. The summed E-state index contributed by atoms with van der Waals surface area (Å²) in [4.78, 5) is 26.0. The number of piperidine rings is 1. The fourth-order valence-corrected chi connectivity index (χ4v) is 3.25. The Kier molecular flexibility index (Phi) is 7.05. The van der Waals surface area contributed by atoms with Crippen molar-refractivity contribution in [3.05, 3.63) is 59.9 Å². The molecule has 2 amide bonds. The molecular weight excluding hydrogens is 375 g/mol. The standard InChI is InChI=1S/C22H25FN2O4/c1-2-28-22(27)25-11-9-17(10-12-25)21(26)24-19-7-3-5-16(13-19)15-29-20-8-4-6-18(23)14-20/h3-8,13-14,17H,2,9-12,15H2,1H3,(H,24,26). The van der Waals surface area contributed by atoms with Crippen molar-refractivity contribution in [2.24, 2.45) is 5.92 Å². The molecule has 0 bridgehead atoms. The lowest BCUT2D eigenvalue weighted by Gasteiger charge is -2.30. The number of halogens is 1. The third kappa shape index (κ3) is 5.94. The van der Waals surface area contributed by atoms with Gasteiger partial charge in [-0.2, -0.15) is 0 Å². The van der Waals surface area contributed by atoms with Crippen molar-refractivity contribution in [1.82, 2.24) is 4.90 Å². The number of ether oxygens (including phenoxy) is 2. The number of rotatable bonds is 6. The van der Waals surface area contributed by atoms with Gasteiger partial charge in [0, 0.05) is 30.8 Å². The molecule has 2 aromatic carbocycles. The zero-order chi connectivity index (χ0) is 20.6. The molecule has 1 aliphatic heterocycles. The summed E-state index contributed by atoms with van der Waals surface area (Å²) in [7, 11) is 0. The second-order valence-electron chi connectivity index (χ2n) is 6.90. The molecule has 1 fully saturated rings. The minimum absolute atomic E-state index is 0.0586. The molecule has 154 valence electrons. The highest BCUT2D eigenvalue weighted by Crippen LogP contribution is 2.21. The highest BCUT2D eigenvalue weighted by atomic mass is 19.1. The van der Waals surface area contributed by atoms with E-state index in [9.17, 15) is 14.0 Å². The van der Waals surface area contributed by atoms with Crippen LogP contribution < -0.4 is 10.1 Å². The zero-order valence-electron chi connectivity index (χ0n) is 16.4. The molecule has 0 saturated carbocycles. The average Bonchev–Trinajstić information content (AvgIpc) is 2.73. The monoisotopic (exact) mass is 400 g/mol. The van der Waals surface area contributed by atoms with E-state index in [1.54, 1.807) is 24.0 Å². The van der Waals surface area contributed by atoms with Gasteiger partial charge in [0.15, 0.2) is 0 Å². The summed E-state index contributed by atoms with van der Waals surface area (Å²) in [6.45, 7) is 3.41. The number of benzene rings is 2. The Labute approximate surface area is 169 Å². The molecule has 0 aromatic heterocycles. The number of hydrogen-bond acceptors (Lipinski definition) is 4. The Hall–Kier alpha value is -3.09. The maximum absolute atomic E-state index is 13.2. The van der Waals surface area contributed by atoms with Crippen LogP contribution in [0.2, 0.25) is 0 Å². The van der Waals surface area contributed by atoms with Gasteiger partial charge in [-0.3, -0.25) is 4.79 Å². The van der Waals surface area contributed by atoms with Crippen molar-refractivity contribution < 1.29 is 23.5 Å². The molecule has 0 atom stereocenters. The van der Waals surface area contributed by atoms with E-state index in [4.69, 9.17) is 9.47 Å². The molecule has 2 aromatic rings. The van der Waals surface area contributed by atoms with Crippen molar-refractivity contribution in [3.63, 3.8) is 0 Å². The van der Waals surface area contributed by atoms with Crippen LogP contribution in [0.3, 0.4) is 0 Å². The van der Waals surface area contributed by atoms with E-state index in [-0.39, 0.29) is 30.3 Å². The van der Waals surface area contributed by atoms with Crippen molar-refractivity contribution in [1.29, 1.82) is 0 Å². The summed E-state index contributed by atoms with van der Waals surface area (Å²) in [6.07, 6.45) is 0.886. The molecule has 0 radical (unpaired) electrons. The van der Waals surface area contributed by atoms with Crippen molar-refractivity contribution in [2.45, 2.75) is 26.4 Å². The molecule has 7 heteroatoms. The first kappa shape index (κ1) is 20.6. The lowest BCUT2D eigenvalue weighted by molar-refractivity contribution is -0.121. The Morgan fingerprint density at radius 2 is 1.90 bits per heavy atom. The van der Waals surface area contributed by atoms with Gasteiger partial charge in [-0.25, -0.2) is 9.18 Å². The van der Waals surface area contributed by atoms with E-state index in [2.05, 4.69) is 5.32 Å². The summed E-state index contributed by atoms with van der Waals surface area (Å²) < 4.78 is 23.8. The number of hydrogen-bond donors (Lipinski definition) is 1. The highest BCUT2D eigenvalue weighted by Gasteiger charge is 2.27. The number of carbonyl (C=O) groups is 2. The first-order chi connectivity index (χ1) is 14.0. The second kappa shape index (κ2) is 9.91. The summed E-state index contributed by atoms with van der Waals surface area (Å²) in [6, 6.07) is 13.3. The number of anilines is 1. The Morgan fingerprint density at radius 1 is 1.14 bits per heavy atom. The van der Waals surface area contributed by atoms with Crippen LogP contribution in [0.15, 0.2) is 48.5 Å². The van der Waals surface area contributed by atoms with E-state index < -0.39 is 0 Å². The van der Waals surface area contributed by atoms with Gasteiger partial charge in [-0.05, 0) is 49.6 Å². The van der Waals surface area contributed by atoms with Crippen LogP contribution in [0.1, 0.15) is 25.3 Å². The molecule has 0 aliphatic carbocycles. The van der Waals surface area contributed by atoms with Crippen LogP contribution >= 0.6 is 0 Å². The number of amides is 2. The van der Waals surface area contributed by atoms with E-state index in [0.29, 0.717) is 44.0 Å². The maximum atomic E-state index is 13.2. The summed E-state index contributed by atoms with van der Waals surface area (Å²) in [5, 5.41) is 2.94. The summed E-state index contributed by atoms with van der Waals surface area (Å²) in [5.74, 6) is -0.102. The second-order valence-corrected chi connectivity index (χ2v) is 6.90. The Bertz CT molecular complexity index is 850. The van der Waals surface area contributed by atoms with Gasteiger partial charge in [0.2, 0.25) is 5.91 Å². The molecule has 0 spiro atoms. The van der Waals surface area contributed by atoms with Crippen LogP contribution in [-0.4, -0.2) is 36.6 Å². The minimum Gasteiger partial charge on any atom is -0.489 e. The molecule has 3 rings (SSSR count). The fourth-order valence-electron chi connectivity index (χ4n) is 3.25. The van der Waals surface area contributed by atoms with Crippen LogP contribution in [0.25, 0.3) is 0 Å². The van der Waals surface area contributed by atoms with Crippen LogP contribution in [0.4, 0.5) is 14.9 Å². The highest BCUT2D eigenvalue weighted by molar-refractivity contribution is 5.92. The van der Waals surface area contributed by atoms with Crippen molar-refractivity contribution in [3.8, 4) is 5.75 Å². The number of likely N-dealkylation sites (tertiary alicyclic amines) is 1. The fraction of sp³-hybridized carbons (Fsp3) is 0.364. The van der Waals surface area contributed by atoms with Crippen LogP contribution in [0, 0.1) is 11.7 Å². The van der Waals surface area contributed by atoms with E-state index in [1.807, 2.05) is 24.3 Å². The third-order valence-corrected chi connectivity index (χ3v) is 4.79. The van der Waals surface area contributed by atoms with E-state index in [1.165, 1.54) is 12.1 Å². The van der Waals surface area contributed by atoms with Gasteiger partial charge in [0.1, 0.15) is 18.2 Å². The predicted molar refractivity (Wildman–Crippen MR) is 107 cm³/mol. The summed E-state index contributed by atoms with van der Waals surface area (Å²) >= 11 is 0. The van der Waals surface area contributed by atoms with Crippen molar-refractivity contribution >= 4 is 17.7 Å². The summed E-state index contributed by atoms with van der Waals surface area (Å²) in [5.41, 5.74) is 1.55. The molecule has 1 saturated heterocycles. The van der Waals surface area contributed by atoms with E-state index >= 15 is 0 Å². The molecule has 6 nitrogen and oxygen atoms in total. The zero-order valence-corrected chi connectivity index (χ0v) is 16.4. The van der Waals surface area contributed by atoms with Gasteiger partial charge in [-0.1, -0.05) is 18.2 Å². The quantitative estimate of drug-likeness (QED) is 0.789. The third-order valence-electron chi connectivity index (χ3n) is 4.79. The number of nitrogens with zero attached hydrogens (tertiary/aromatic N) is 1. The topological polar surface area (TPSA) is 67.9 Å². The molecule has 0 unspecified atom stereocenters. The molecule has 1 heterocycles. The first-order valence-corrected chi connectivity index (χ1v) is 9.75. The van der Waals surface area contributed by atoms with Gasteiger partial charge >= 0.3 is 6.09 Å². The largest absolute Gasteiger partial charge is 0.489 e. The Balaban J connectivity index is 1.51. The van der Waals surface area contributed by atoms with Gasteiger partial charge in [-0.15, -0.1) is 0 Å². The SMILES string of the molecule is CCOC(=O)N1CCC(C(=O)Nc2cccc(COc3cccc(F)c3)c2)CC1. The van der Waals surface area contributed by atoms with Crippen molar-refractivity contribution in [2.75, 3.05) is 25.0 Å². The predicted octanol–water partition coefficient (Wildman–Crippen LogP) is 4.21. The average molecular weight is 400 g/mol. The van der Waals surface area contributed by atoms with Crippen LogP contribution in [-0.2, 0) is 16.1 Å². The van der Waals surface area contributed by atoms with Gasteiger partial charge < -0.3 is 19.7 Å². The maximum Gasteiger partial charge on any atom is 0.409 e. The Morgan fingerprint density at radius 3 is 2.62 bits per heavy atom. The normalized spacial score (nSPS) is 14.3.